The molecule has 0 aliphatic heterocycles. The number of nitrogens with zero attached hydrogens (tertiary/aromatic N) is 6. The highest BCUT2D eigenvalue weighted by molar-refractivity contribution is 6.17. The molecule has 0 unspecified atom stereocenters. The molecule has 2 aromatic heterocycles. The second kappa shape index (κ2) is 12.4. The van der Waals surface area contributed by atoms with Crippen LogP contribution in [-0.2, 0) is 6.18 Å². The molecular weight excluding hydrogens is 614 g/mol. The number of rotatable bonds is 7. The summed E-state index contributed by atoms with van der Waals surface area (Å²) in [4.78, 5) is 8.27. The van der Waals surface area contributed by atoms with Crippen molar-refractivity contribution >= 4 is 22.8 Å². The molecule has 0 atom stereocenters. The molecular formula is C32H22F6N6O2. The van der Waals surface area contributed by atoms with Crippen LogP contribution in [0.4, 0.5) is 32.0 Å². The molecule has 2 heterocycles. The van der Waals surface area contributed by atoms with Gasteiger partial charge in [-0.1, -0.05) is 49.6 Å². The van der Waals surface area contributed by atoms with E-state index >= 15 is 0 Å². The molecule has 0 saturated heterocycles. The quantitative estimate of drug-likeness (QED) is 0.148. The summed E-state index contributed by atoms with van der Waals surface area (Å²) in [5.74, 6) is -0.295. The zero-order chi connectivity index (χ0) is 33.2. The molecule has 2 aromatic carbocycles. The van der Waals surface area contributed by atoms with Gasteiger partial charge >= 0.3 is 12.4 Å². The van der Waals surface area contributed by atoms with Crippen LogP contribution in [0.25, 0.3) is 28.6 Å². The average Bonchev–Trinajstić information content (AvgIpc) is 3.70. The summed E-state index contributed by atoms with van der Waals surface area (Å²) in [5.41, 5.74) is -1.52. The fourth-order valence-corrected chi connectivity index (χ4v) is 4.32. The number of aryl methyl sites for hydroxylation is 1. The molecule has 4 aromatic rings. The summed E-state index contributed by atoms with van der Waals surface area (Å²) in [7, 11) is 0. The topological polar surface area (TPSA) is 103 Å². The third-order valence-electron chi connectivity index (χ3n) is 6.54. The number of aromatic nitrogens is 4. The number of halogens is 6. The molecule has 0 bridgehead atoms. The van der Waals surface area contributed by atoms with Crippen LogP contribution in [0, 0.1) is 6.92 Å². The lowest BCUT2D eigenvalue weighted by molar-refractivity contribution is -0.137. The number of para-hydroxylation sites is 1. The minimum Gasteiger partial charge on any atom is -0.415 e. The maximum atomic E-state index is 13.6. The average molecular weight is 637 g/mol. The first-order valence-corrected chi connectivity index (χ1v) is 13.4. The minimum absolute atomic E-state index is 0.00263. The van der Waals surface area contributed by atoms with Crippen molar-refractivity contribution in [2.75, 3.05) is 0 Å². The standard InChI is InChI=1S/C32H22F6N6O2/c1-5-23(39-25-17(3)10-7-14-21(25)31(33,34)35)29-43-41-27(45-29)19-12-9-13-20(16-19)28-42-44-30(46-28)24(6-2)40-26-18(4)11-8-15-22(26)32(36,37)38/h5-16H,1,4H2,2-3H3/b24-6-,39-23?,40-26?. The van der Waals surface area contributed by atoms with Gasteiger partial charge in [-0.15, -0.1) is 20.4 Å². The Morgan fingerprint density at radius 2 is 1.50 bits per heavy atom. The number of allylic oxidation sites excluding steroid dienone is 7. The highest BCUT2D eigenvalue weighted by atomic mass is 19.4. The Bertz CT molecular complexity index is 1990. The number of benzene rings is 2. The molecule has 1 aliphatic carbocycles. The van der Waals surface area contributed by atoms with Crippen molar-refractivity contribution in [1.82, 2.24) is 20.4 Å². The van der Waals surface area contributed by atoms with Gasteiger partial charge in [0.05, 0.1) is 22.5 Å². The Hall–Kier alpha value is -5.66. The van der Waals surface area contributed by atoms with Gasteiger partial charge in [0.25, 0.3) is 11.8 Å². The highest BCUT2D eigenvalue weighted by Gasteiger charge is 2.38. The lowest BCUT2D eigenvalue weighted by atomic mass is 9.98. The second-order valence-electron chi connectivity index (χ2n) is 9.67. The summed E-state index contributed by atoms with van der Waals surface area (Å²) < 4.78 is 93.1. The van der Waals surface area contributed by atoms with Gasteiger partial charge < -0.3 is 8.83 Å². The number of hydrogen-bond acceptors (Lipinski definition) is 8. The number of aliphatic imine (C=N–C) groups is 2. The van der Waals surface area contributed by atoms with Crippen LogP contribution in [0.3, 0.4) is 0 Å². The van der Waals surface area contributed by atoms with Crippen LogP contribution >= 0.6 is 0 Å². The van der Waals surface area contributed by atoms with Crippen LogP contribution in [-0.4, -0.2) is 38.0 Å². The van der Waals surface area contributed by atoms with E-state index < -0.39 is 23.5 Å². The van der Waals surface area contributed by atoms with Crippen LogP contribution in [0.15, 0.2) is 116 Å². The molecule has 46 heavy (non-hydrogen) atoms. The Labute approximate surface area is 257 Å². The zero-order valence-corrected chi connectivity index (χ0v) is 24.1. The first-order valence-electron chi connectivity index (χ1n) is 13.4. The molecule has 14 heteroatoms. The van der Waals surface area contributed by atoms with Crippen molar-refractivity contribution in [2.24, 2.45) is 9.98 Å². The van der Waals surface area contributed by atoms with E-state index in [2.05, 4.69) is 43.5 Å². The van der Waals surface area contributed by atoms with Gasteiger partial charge in [0.1, 0.15) is 11.4 Å². The first kappa shape index (κ1) is 31.8. The van der Waals surface area contributed by atoms with E-state index in [1.54, 1.807) is 31.2 Å². The Balaban J connectivity index is 1.44. The third kappa shape index (κ3) is 6.55. The molecule has 0 spiro atoms. The molecule has 0 radical (unpaired) electrons. The number of hydrogen-bond donors (Lipinski definition) is 0. The zero-order valence-electron chi connectivity index (χ0n) is 24.1. The van der Waals surface area contributed by atoms with Crippen molar-refractivity contribution in [3.8, 4) is 22.9 Å². The van der Waals surface area contributed by atoms with Gasteiger partial charge in [-0.25, -0.2) is 9.98 Å². The van der Waals surface area contributed by atoms with Gasteiger partial charge in [0, 0.05) is 11.1 Å². The van der Waals surface area contributed by atoms with E-state index in [-0.39, 0.29) is 57.5 Å². The largest absolute Gasteiger partial charge is 0.418 e. The van der Waals surface area contributed by atoms with Gasteiger partial charge in [-0.2, -0.15) is 26.3 Å². The van der Waals surface area contributed by atoms with E-state index in [0.717, 1.165) is 12.1 Å². The summed E-state index contributed by atoms with van der Waals surface area (Å²) in [6.45, 7) is 10.3. The van der Waals surface area contributed by atoms with Crippen LogP contribution < -0.4 is 0 Å². The predicted octanol–water partition coefficient (Wildman–Crippen LogP) is 8.84. The van der Waals surface area contributed by atoms with E-state index in [0.29, 0.717) is 11.1 Å². The van der Waals surface area contributed by atoms with Crippen LogP contribution in [0.2, 0.25) is 0 Å². The molecule has 0 amide bonds. The Morgan fingerprint density at radius 1 is 0.870 bits per heavy atom. The molecule has 0 fully saturated rings. The summed E-state index contributed by atoms with van der Waals surface area (Å²) in [5, 5.41) is 15.9. The fourth-order valence-electron chi connectivity index (χ4n) is 4.32. The Kier molecular flexibility index (Phi) is 8.55. The predicted molar refractivity (Wildman–Crippen MR) is 159 cm³/mol. The normalized spacial score (nSPS) is 15.4. The summed E-state index contributed by atoms with van der Waals surface area (Å²) >= 11 is 0. The van der Waals surface area contributed by atoms with Crippen LogP contribution in [0.1, 0.15) is 29.8 Å². The molecule has 8 nitrogen and oxygen atoms in total. The lowest BCUT2D eigenvalue weighted by Crippen LogP contribution is -2.22. The van der Waals surface area contributed by atoms with E-state index in [1.807, 2.05) is 0 Å². The van der Waals surface area contributed by atoms with E-state index in [9.17, 15) is 26.3 Å². The first-order chi connectivity index (χ1) is 21.8. The highest BCUT2D eigenvalue weighted by Crippen LogP contribution is 2.39. The van der Waals surface area contributed by atoms with Crippen molar-refractivity contribution in [3.05, 3.63) is 120 Å². The van der Waals surface area contributed by atoms with Gasteiger partial charge in [-0.05, 0) is 61.4 Å². The summed E-state index contributed by atoms with van der Waals surface area (Å²) in [6, 6.07) is 10.2. The van der Waals surface area contributed by atoms with Crippen molar-refractivity contribution in [3.63, 3.8) is 0 Å². The monoisotopic (exact) mass is 636 g/mol. The number of alkyl halides is 6. The van der Waals surface area contributed by atoms with Crippen LogP contribution in [0.5, 0.6) is 0 Å². The van der Waals surface area contributed by atoms with Crippen molar-refractivity contribution in [2.45, 2.75) is 26.2 Å². The minimum atomic E-state index is -4.66. The maximum Gasteiger partial charge on any atom is 0.418 e. The molecule has 234 valence electrons. The summed E-state index contributed by atoms with van der Waals surface area (Å²) in [6.07, 6.45) is -3.13. The second-order valence-corrected chi connectivity index (χ2v) is 9.67. The molecule has 0 N–H and O–H groups in total. The molecule has 0 saturated carbocycles. The van der Waals surface area contributed by atoms with Crippen molar-refractivity contribution in [1.29, 1.82) is 0 Å². The Morgan fingerprint density at radius 3 is 2.11 bits per heavy atom. The van der Waals surface area contributed by atoms with Gasteiger partial charge in [-0.3, -0.25) is 0 Å². The molecule has 5 rings (SSSR count). The van der Waals surface area contributed by atoms with Crippen molar-refractivity contribution < 1.29 is 35.2 Å². The smallest absolute Gasteiger partial charge is 0.415 e. The lowest BCUT2D eigenvalue weighted by Gasteiger charge is -2.17. The molecule has 1 aliphatic rings. The SMILES string of the molecule is C=CC(=Nc1c(C)cccc1C(F)(F)F)c1nnc(-c2cccc(-c3nnc(/C(=C/C)N=C4C(=C)C=CC=C4C(F)(F)F)o3)c2)o1. The van der Waals surface area contributed by atoms with Gasteiger partial charge in [0.15, 0.2) is 0 Å². The van der Waals surface area contributed by atoms with E-state index in [1.165, 1.54) is 43.4 Å². The third-order valence-corrected chi connectivity index (χ3v) is 6.54. The maximum absolute atomic E-state index is 13.6. The fraction of sp³-hybridized carbons (Fsp3) is 0.125. The van der Waals surface area contributed by atoms with E-state index in [4.69, 9.17) is 8.83 Å². The van der Waals surface area contributed by atoms with Gasteiger partial charge in [0.2, 0.25) is 11.8 Å².